The largest absolute Gasteiger partial charge is 0.394 e. The van der Waals surface area contributed by atoms with E-state index in [1.54, 1.807) is 0 Å². The lowest BCUT2D eigenvalue weighted by Gasteiger charge is -2.31. The number of nitrogens with zero attached hydrogens (tertiary/aromatic N) is 2. The Kier molecular flexibility index (Phi) is 6.52. The Morgan fingerprint density at radius 2 is 2.21 bits per heavy atom. The molecule has 1 aromatic heterocycles. The summed E-state index contributed by atoms with van der Waals surface area (Å²) in [6, 6.07) is 0.390. The van der Waals surface area contributed by atoms with E-state index in [4.69, 9.17) is 0 Å². The minimum atomic E-state index is -0.181. The number of aromatic nitrogens is 2. The van der Waals surface area contributed by atoms with Crippen LogP contribution in [0.2, 0.25) is 0 Å². The van der Waals surface area contributed by atoms with E-state index in [2.05, 4.69) is 48.8 Å². The molecule has 0 aliphatic carbocycles. The summed E-state index contributed by atoms with van der Waals surface area (Å²) in [5.74, 6) is 1.17. The first-order valence-electron chi connectivity index (χ1n) is 7.39. The molecular formula is C15H29N3O. The fraction of sp³-hybridized carbons (Fsp3) is 0.800. The minimum Gasteiger partial charge on any atom is -0.394 e. The molecule has 0 radical (unpaired) electrons. The van der Waals surface area contributed by atoms with Gasteiger partial charge in [-0.1, -0.05) is 20.8 Å². The van der Waals surface area contributed by atoms with E-state index in [0.29, 0.717) is 6.04 Å². The maximum Gasteiger partial charge on any atom is 0.108 e. The van der Waals surface area contributed by atoms with Crippen LogP contribution in [0.1, 0.15) is 52.8 Å². The van der Waals surface area contributed by atoms with Crippen LogP contribution in [0, 0.1) is 0 Å². The fourth-order valence-electron chi connectivity index (χ4n) is 2.53. The van der Waals surface area contributed by atoms with E-state index in [9.17, 15) is 5.11 Å². The van der Waals surface area contributed by atoms with Crippen molar-refractivity contribution in [2.45, 2.75) is 71.5 Å². The van der Waals surface area contributed by atoms with E-state index in [1.807, 2.05) is 6.20 Å². The van der Waals surface area contributed by atoms with Crippen molar-refractivity contribution in [3.63, 3.8) is 0 Å². The number of aliphatic hydroxyl groups is 1. The van der Waals surface area contributed by atoms with Gasteiger partial charge in [0.25, 0.3) is 0 Å². The Labute approximate surface area is 117 Å². The Morgan fingerprint density at radius 3 is 2.79 bits per heavy atom. The molecule has 1 atom stereocenters. The molecule has 0 amide bonds. The van der Waals surface area contributed by atoms with Gasteiger partial charge in [0.15, 0.2) is 0 Å². The summed E-state index contributed by atoms with van der Waals surface area (Å²) in [6.07, 6.45) is 8.10. The van der Waals surface area contributed by atoms with Crippen molar-refractivity contribution >= 4 is 0 Å². The van der Waals surface area contributed by atoms with Crippen LogP contribution in [-0.4, -0.2) is 32.8 Å². The van der Waals surface area contributed by atoms with Gasteiger partial charge in [0.1, 0.15) is 5.82 Å². The average Bonchev–Trinajstić information content (AvgIpc) is 2.76. The van der Waals surface area contributed by atoms with E-state index in [1.165, 1.54) is 5.82 Å². The van der Waals surface area contributed by atoms with Crippen LogP contribution < -0.4 is 5.32 Å². The molecule has 0 aromatic carbocycles. The lowest BCUT2D eigenvalue weighted by molar-refractivity contribution is 0.153. The van der Waals surface area contributed by atoms with Gasteiger partial charge in [-0.15, -0.1) is 0 Å². The SMILES string of the molecule is CCCc1nccn1CCCC(C)(CO)NC(C)C. The zero-order valence-corrected chi connectivity index (χ0v) is 12.8. The van der Waals surface area contributed by atoms with Crippen LogP contribution in [-0.2, 0) is 13.0 Å². The standard InChI is InChI=1S/C15H29N3O/c1-5-7-14-16-9-11-18(14)10-6-8-15(4,12-19)17-13(2)3/h9,11,13,17,19H,5-8,10,12H2,1-4H3. The van der Waals surface area contributed by atoms with Gasteiger partial charge in [0.05, 0.1) is 6.61 Å². The van der Waals surface area contributed by atoms with Crippen LogP contribution in [0.25, 0.3) is 0 Å². The number of hydrogen-bond donors (Lipinski definition) is 2. The Bertz CT molecular complexity index is 362. The lowest BCUT2D eigenvalue weighted by Crippen LogP contribution is -2.49. The van der Waals surface area contributed by atoms with Crippen LogP contribution in [0.15, 0.2) is 12.4 Å². The summed E-state index contributed by atoms with van der Waals surface area (Å²) in [5, 5.41) is 13.0. The van der Waals surface area contributed by atoms with Gasteiger partial charge in [-0.05, 0) is 26.2 Å². The van der Waals surface area contributed by atoms with E-state index in [0.717, 1.165) is 32.2 Å². The molecule has 0 spiro atoms. The van der Waals surface area contributed by atoms with Gasteiger partial charge in [-0.25, -0.2) is 4.98 Å². The fourth-order valence-corrected chi connectivity index (χ4v) is 2.53. The molecular weight excluding hydrogens is 238 g/mol. The summed E-state index contributed by atoms with van der Waals surface area (Å²) in [7, 11) is 0. The van der Waals surface area contributed by atoms with E-state index in [-0.39, 0.29) is 12.1 Å². The van der Waals surface area contributed by atoms with E-state index >= 15 is 0 Å². The van der Waals surface area contributed by atoms with Gasteiger partial charge in [-0.3, -0.25) is 0 Å². The van der Waals surface area contributed by atoms with Crippen molar-refractivity contribution in [2.24, 2.45) is 0 Å². The second-order valence-electron chi connectivity index (χ2n) is 5.91. The molecule has 0 saturated carbocycles. The number of imidazole rings is 1. The normalized spacial score (nSPS) is 14.8. The average molecular weight is 267 g/mol. The molecule has 110 valence electrons. The third-order valence-electron chi connectivity index (χ3n) is 3.39. The summed E-state index contributed by atoms with van der Waals surface area (Å²) in [6.45, 7) is 9.65. The highest BCUT2D eigenvalue weighted by Crippen LogP contribution is 2.14. The van der Waals surface area contributed by atoms with Crippen molar-refractivity contribution in [3.8, 4) is 0 Å². The first-order valence-corrected chi connectivity index (χ1v) is 7.39. The van der Waals surface area contributed by atoms with Gasteiger partial charge in [0.2, 0.25) is 0 Å². The summed E-state index contributed by atoms with van der Waals surface area (Å²) in [4.78, 5) is 4.39. The van der Waals surface area contributed by atoms with Gasteiger partial charge in [0, 0.05) is 36.9 Å². The number of aliphatic hydroxyl groups excluding tert-OH is 1. The van der Waals surface area contributed by atoms with Crippen molar-refractivity contribution in [2.75, 3.05) is 6.61 Å². The molecule has 1 unspecified atom stereocenters. The quantitative estimate of drug-likeness (QED) is 0.722. The van der Waals surface area contributed by atoms with Crippen LogP contribution in [0.3, 0.4) is 0 Å². The molecule has 1 aromatic rings. The zero-order valence-electron chi connectivity index (χ0n) is 12.8. The molecule has 19 heavy (non-hydrogen) atoms. The topological polar surface area (TPSA) is 50.1 Å². The van der Waals surface area contributed by atoms with Gasteiger partial charge < -0.3 is 15.0 Å². The predicted octanol–water partition coefficient (Wildman–Crippen LogP) is 2.36. The number of nitrogens with one attached hydrogen (secondary N) is 1. The molecule has 4 nitrogen and oxygen atoms in total. The molecule has 0 fully saturated rings. The summed E-state index contributed by atoms with van der Waals surface area (Å²) >= 11 is 0. The Hall–Kier alpha value is -0.870. The molecule has 0 saturated heterocycles. The first kappa shape index (κ1) is 16.2. The maximum absolute atomic E-state index is 9.55. The van der Waals surface area contributed by atoms with Crippen LogP contribution in [0.4, 0.5) is 0 Å². The molecule has 0 aliphatic rings. The minimum absolute atomic E-state index is 0.178. The third kappa shape index (κ3) is 5.33. The van der Waals surface area contributed by atoms with E-state index < -0.39 is 0 Å². The lowest BCUT2D eigenvalue weighted by atomic mass is 9.96. The van der Waals surface area contributed by atoms with Crippen molar-refractivity contribution in [3.05, 3.63) is 18.2 Å². The molecule has 4 heteroatoms. The Balaban J connectivity index is 2.45. The molecule has 2 N–H and O–H groups in total. The highest BCUT2D eigenvalue weighted by atomic mass is 16.3. The molecule has 0 aliphatic heterocycles. The summed E-state index contributed by atoms with van der Waals surface area (Å²) < 4.78 is 2.23. The number of hydrogen-bond acceptors (Lipinski definition) is 3. The second-order valence-corrected chi connectivity index (χ2v) is 5.91. The van der Waals surface area contributed by atoms with Crippen LogP contribution in [0.5, 0.6) is 0 Å². The van der Waals surface area contributed by atoms with Crippen molar-refractivity contribution in [1.29, 1.82) is 0 Å². The highest BCUT2D eigenvalue weighted by Gasteiger charge is 2.23. The monoisotopic (exact) mass is 267 g/mol. The van der Waals surface area contributed by atoms with Crippen molar-refractivity contribution in [1.82, 2.24) is 14.9 Å². The Morgan fingerprint density at radius 1 is 1.47 bits per heavy atom. The first-order chi connectivity index (χ1) is 9.00. The number of aryl methyl sites for hydroxylation is 2. The zero-order chi connectivity index (χ0) is 14.3. The smallest absolute Gasteiger partial charge is 0.108 e. The molecule has 0 bridgehead atoms. The highest BCUT2D eigenvalue weighted by molar-refractivity contribution is 4.92. The molecule has 1 rings (SSSR count). The third-order valence-corrected chi connectivity index (χ3v) is 3.39. The predicted molar refractivity (Wildman–Crippen MR) is 79.2 cm³/mol. The summed E-state index contributed by atoms with van der Waals surface area (Å²) in [5.41, 5.74) is -0.181. The number of rotatable bonds is 9. The maximum atomic E-state index is 9.55. The van der Waals surface area contributed by atoms with Crippen molar-refractivity contribution < 1.29 is 5.11 Å². The van der Waals surface area contributed by atoms with Gasteiger partial charge in [-0.2, -0.15) is 0 Å². The van der Waals surface area contributed by atoms with Gasteiger partial charge >= 0.3 is 0 Å². The second kappa shape index (κ2) is 7.65. The molecule has 1 heterocycles. The van der Waals surface area contributed by atoms with Crippen LogP contribution >= 0.6 is 0 Å².